The summed E-state index contributed by atoms with van der Waals surface area (Å²) >= 11 is 5.76. The number of benzene rings is 1. The maximum Gasteiger partial charge on any atom is 0.283 e. The average molecular weight is 311 g/mol. The van der Waals surface area contributed by atoms with E-state index in [4.69, 9.17) is 11.6 Å². The van der Waals surface area contributed by atoms with Crippen molar-refractivity contribution in [2.75, 3.05) is 13.1 Å². The van der Waals surface area contributed by atoms with Crippen molar-refractivity contribution >= 4 is 23.2 Å². The molecule has 2 fully saturated rings. The number of likely N-dealkylation sites (tertiary alicyclic amines) is 1. The number of fused-ring (bicyclic) bond motifs is 1. The van der Waals surface area contributed by atoms with Crippen LogP contribution in [0.4, 0.5) is 5.69 Å². The molecule has 2 aliphatic rings. The third kappa shape index (κ3) is 2.49. The normalized spacial score (nSPS) is 27.7. The summed E-state index contributed by atoms with van der Waals surface area (Å²) in [6.07, 6.45) is 1.31. The number of hydrogen-bond donors (Lipinski definition) is 1. The van der Waals surface area contributed by atoms with Crippen molar-refractivity contribution in [2.45, 2.75) is 18.9 Å². The number of rotatable bonds is 2. The Morgan fingerprint density at radius 1 is 1.38 bits per heavy atom. The summed E-state index contributed by atoms with van der Waals surface area (Å²) in [5.74, 6) is 0.0376. The van der Waals surface area contributed by atoms with Crippen molar-refractivity contribution in [3.63, 3.8) is 0 Å². The molecule has 1 aliphatic carbocycles. The highest BCUT2D eigenvalue weighted by molar-refractivity contribution is 6.31. The van der Waals surface area contributed by atoms with Crippen LogP contribution in [0.1, 0.15) is 23.2 Å². The minimum absolute atomic E-state index is 0.0545. The molecule has 1 heterocycles. The molecule has 1 aliphatic heterocycles. The number of hydrogen-bond acceptors (Lipinski definition) is 4. The Kier molecular flexibility index (Phi) is 3.59. The van der Waals surface area contributed by atoms with Gasteiger partial charge in [0.2, 0.25) is 0 Å². The van der Waals surface area contributed by atoms with Gasteiger partial charge in [-0.3, -0.25) is 14.9 Å². The molecule has 3 unspecified atom stereocenters. The molecule has 0 spiro atoms. The molecule has 3 rings (SSSR count). The molecule has 1 aromatic carbocycles. The minimum atomic E-state index is -0.592. The summed E-state index contributed by atoms with van der Waals surface area (Å²) in [5, 5.41) is 21.2. The summed E-state index contributed by atoms with van der Waals surface area (Å²) < 4.78 is 0. The highest BCUT2D eigenvalue weighted by atomic mass is 35.5. The maximum atomic E-state index is 12.5. The second-order valence-corrected chi connectivity index (χ2v) is 6.13. The molecular weight excluding hydrogens is 296 g/mol. The van der Waals surface area contributed by atoms with Crippen LogP contribution in [0.2, 0.25) is 5.02 Å². The Balaban J connectivity index is 1.85. The number of nitrogens with zero attached hydrogens (tertiary/aromatic N) is 2. The molecule has 0 bridgehead atoms. The summed E-state index contributed by atoms with van der Waals surface area (Å²) in [7, 11) is 0. The molecule has 1 aromatic rings. The smallest absolute Gasteiger partial charge is 0.283 e. The van der Waals surface area contributed by atoms with Gasteiger partial charge in [0.1, 0.15) is 5.56 Å². The zero-order valence-corrected chi connectivity index (χ0v) is 12.0. The van der Waals surface area contributed by atoms with Gasteiger partial charge in [0.05, 0.1) is 11.0 Å². The van der Waals surface area contributed by atoms with E-state index < -0.39 is 4.92 Å². The first-order valence-corrected chi connectivity index (χ1v) is 7.26. The van der Waals surface area contributed by atoms with Crippen LogP contribution < -0.4 is 0 Å². The third-order valence-corrected chi connectivity index (χ3v) is 4.73. The van der Waals surface area contributed by atoms with E-state index in [0.717, 1.165) is 12.8 Å². The van der Waals surface area contributed by atoms with Gasteiger partial charge in [-0.25, -0.2) is 0 Å². The number of carbonyl (C=O) groups excluding carboxylic acids is 1. The van der Waals surface area contributed by atoms with E-state index in [2.05, 4.69) is 0 Å². The molecule has 21 heavy (non-hydrogen) atoms. The number of amides is 1. The second kappa shape index (κ2) is 5.27. The predicted octanol–water partition coefficient (Wildman–Crippen LogP) is 2.09. The first-order chi connectivity index (χ1) is 9.97. The fourth-order valence-electron chi connectivity index (χ4n) is 3.41. The van der Waals surface area contributed by atoms with Crippen molar-refractivity contribution in [2.24, 2.45) is 11.8 Å². The molecule has 0 radical (unpaired) electrons. The van der Waals surface area contributed by atoms with Gasteiger partial charge in [-0.05, 0) is 30.9 Å². The second-order valence-electron chi connectivity index (χ2n) is 5.70. The molecule has 1 saturated carbocycles. The molecule has 1 amide bonds. The van der Waals surface area contributed by atoms with Crippen LogP contribution in [0.25, 0.3) is 0 Å². The summed E-state index contributed by atoms with van der Waals surface area (Å²) in [6.45, 7) is 1.02. The van der Waals surface area contributed by atoms with Crippen LogP contribution in [-0.2, 0) is 0 Å². The first-order valence-electron chi connectivity index (χ1n) is 6.88. The third-order valence-electron chi connectivity index (χ3n) is 4.49. The van der Waals surface area contributed by atoms with Gasteiger partial charge >= 0.3 is 0 Å². The van der Waals surface area contributed by atoms with Crippen molar-refractivity contribution in [1.82, 2.24) is 4.90 Å². The van der Waals surface area contributed by atoms with Crippen LogP contribution in [0.15, 0.2) is 18.2 Å². The Labute approximate surface area is 126 Å². The number of nitro groups is 1. The lowest BCUT2D eigenvalue weighted by Crippen LogP contribution is -2.31. The number of carbonyl (C=O) groups is 1. The quantitative estimate of drug-likeness (QED) is 0.669. The Bertz CT molecular complexity index is 607. The lowest BCUT2D eigenvalue weighted by molar-refractivity contribution is -0.385. The fourth-order valence-corrected chi connectivity index (χ4v) is 3.58. The number of halogens is 1. The molecule has 3 atom stereocenters. The van der Waals surface area contributed by atoms with Crippen LogP contribution in [0.3, 0.4) is 0 Å². The highest BCUT2D eigenvalue weighted by Gasteiger charge is 2.44. The van der Waals surface area contributed by atoms with Crippen molar-refractivity contribution < 1.29 is 14.8 Å². The van der Waals surface area contributed by atoms with Crippen molar-refractivity contribution in [3.8, 4) is 0 Å². The Hall–Kier alpha value is -1.66. The van der Waals surface area contributed by atoms with E-state index >= 15 is 0 Å². The molecule has 112 valence electrons. The lowest BCUT2D eigenvalue weighted by Gasteiger charge is -2.18. The summed E-state index contributed by atoms with van der Waals surface area (Å²) in [6, 6.07) is 4.07. The topological polar surface area (TPSA) is 83.7 Å². The minimum Gasteiger partial charge on any atom is -0.393 e. The van der Waals surface area contributed by atoms with Crippen LogP contribution in [0.5, 0.6) is 0 Å². The van der Waals surface area contributed by atoms with E-state index in [9.17, 15) is 20.0 Å². The highest BCUT2D eigenvalue weighted by Crippen LogP contribution is 2.39. The van der Waals surface area contributed by atoms with Gasteiger partial charge in [0.15, 0.2) is 0 Å². The zero-order chi connectivity index (χ0) is 15.1. The van der Waals surface area contributed by atoms with Crippen LogP contribution >= 0.6 is 11.6 Å². The van der Waals surface area contributed by atoms with Gasteiger partial charge in [0.25, 0.3) is 11.6 Å². The Morgan fingerprint density at radius 3 is 2.81 bits per heavy atom. The van der Waals surface area contributed by atoms with E-state index in [-0.39, 0.29) is 34.2 Å². The van der Waals surface area contributed by atoms with Crippen LogP contribution in [-0.4, -0.2) is 40.0 Å². The monoisotopic (exact) mass is 310 g/mol. The average Bonchev–Trinajstić information content (AvgIpc) is 3.00. The molecular formula is C14H15ClN2O4. The van der Waals surface area contributed by atoms with Gasteiger partial charge in [-0.15, -0.1) is 0 Å². The van der Waals surface area contributed by atoms with Gasteiger partial charge in [0, 0.05) is 30.1 Å². The van der Waals surface area contributed by atoms with Crippen molar-refractivity contribution in [3.05, 3.63) is 38.9 Å². The standard InChI is InChI=1S/C14H15ClN2O4/c15-9-2-3-10(12(5-9)17(20)21)14(19)16-6-8-1-4-13(18)11(8)7-16/h2-3,5,8,11,13,18H,1,4,6-7H2. The largest absolute Gasteiger partial charge is 0.393 e. The Morgan fingerprint density at radius 2 is 2.14 bits per heavy atom. The molecule has 1 saturated heterocycles. The molecule has 1 N–H and O–H groups in total. The predicted molar refractivity (Wildman–Crippen MR) is 76.2 cm³/mol. The van der Waals surface area contributed by atoms with Crippen molar-refractivity contribution in [1.29, 1.82) is 0 Å². The van der Waals surface area contributed by atoms with Gasteiger partial charge in [-0.1, -0.05) is 11.6 Å². The number of nitro benzene ring substituents is 1. The zero-order valence-electron chi connectivity index (χ0n) is 11.2. The molecule has 6 nitrogen and oxygen atoms in total. The van der Waals surface area contributed by atoms with Gasteiger partial charge < -0.3 is 10.0 Å². The molecule has 7 heteroatoms. The molecule has 0 aromatic heterocycles. The number of aliphatic hydroxyl groups excluding tert-OH is 1. The summed E-state index contributed by atoms with van der Waals surface area (Å²) in [5.41, 5.74) is -0.219. The first kappa shape index (κ1) is 14.3. The van der Waals surface area contributed by atoms with E-state index in [1.165, 1.54) is 18.2 Å². The summed E-state index contributed by atoms with van der Waals surface area (Å²) in [4.78, 5) is 24.6. The fraction of sp³-hybridized carbons (Fsp3) is 0.500. The SMILES string of the molecule is O=C(c1ccc(Cl)cc1[N+](=O)[O-])N1CC2CCC(O)C2C1. The van der Waals surface area contributed by atoms with Crippen LogP contribution in [0, 0.1) is 22.0 Å². The lowest BCUT2D eigenvalue weighted by atomic mass is 10.00. The van der Waals surface area contributed by atoms with E-state index in [0.29, 0.717) is 19.0 Å². The number of aliphatic hydroxyl groups is 1. The van der Waals surface area contributed by atoms with E-state index in [1.54, 1.807) is 4.90 Å². The maximum absolute atomic E-state index is 12.5. The van der Waals surface area contributed by atoms with Gasteiger partial charge in [-0.2, -0.15) is 0 Å². The van der Waals surface area contributed by atoms with E-state index in [1.807, 2.05) is 0 Å².